The fourth-order valence-corrected chi connectivity index (χ4v) is 2.01. The molecule has 0 aliphatic carbocycles. The van der Waals surface area contributed by atoms with E-state index in [4.69, 9.17) is 0 Å². The average molecular weight is 304 g/mol. The largest absolute Gasteiger partial charge is 0.339 e. The Bertz CT molecular complexity index is 784. The molecule has 114 valence electrons. The second-order valence-electron chi connectivity index (χ2n) is 5.10. The van der Waals surface area contributed by atoms with Gasteiger partial charge in [-0.3, -0.25) is 4.79 Å². The molecule has 0 fully saturated rings. The van der Waals surface area contributed by atoms with Crippen LogP contribution in [0.1, 0.15) is 16.1 Å². The van der Waals surface area contributed by atoms with Crippen molar-refractivity contribution in [3.05, 3.63) is 78.2 Å². The maximum absolute atomic E-state index is 12.1. The van der Waals surface area contributed by atoms with Gasteiger partial charge in [-0.1, -0.05) is 35.9 Å². The lowest BCUT2D eigenvalue weighted by atomic mass is 10.2. The van der Waals surface area contributed by atoms with Gasteiger partial charge in [0.25, 0.3) is 5.91 Å². The van der Waals surface area contributed by atoms with E-state index in [0.717, 1.165) is 11.4 Å². The summed E-state index contributed by atoms with van der Waals surface area (Å²) in [4.78, 5) is 20.5. The van der Waals surface area contributed by atoms with Crippen LogP contribution in [-0.4, -0.2) is 15.9 Å². The van der Waals surface area contributed by atoms with Crippen molar-refractivity contribution in [3.8, 4) is 0 Å². The van der Waals surface area contributed by atoms with Crippen LogP contribution >= 0.6 is 0 Å². The zero-order chi connectivity index (χ0) is 16.1. The number of nitrogens with one attached hydrogen (secondary N) is 2. The summed E-state index contributed by atoms with van der Waals surface area (Å²) < 4.78 is 0. The lowest BCUT2D eigenvalue weighted by Gasteiger charge is -2.07. The standard InChI is InChI=1S/C18H16N4O/c1-13-7-9-15(10-8-13)21-17-12-19-16(11-20-17)18(23)22-14-5-3-2-4-6-14/h2-12H,1H3,(H,20,21)(H,22,23). The third kappa shape index (κ3) is 3.91. The molecule has 2 N–H and O–H groups in total. The van der Waals surface area contributed by atoms with Crippen molar-refractivity contribution in [2.75, 3.05) is 10.6 Å². The lowest BCUT2D eigenvalue weighted by molar-refractivity contribution is 0.102. The summed E-state index contributed by atoms with van der Waals surface area (Å²) >= 11 is 0. The van der Waals surface area contributed by atoms with Crippen LogP contribution in [0.3, 0.4) is 0 Å². The summed E-state index contributed by atoms with van der Waals surface area (Å²) in [6.45, 7) is 2.03. The Morgan fingerprint density at radius 2 is 1.61 bits per heavy atom. The molecule has 2 aromatic carbocycles. The summed E-state index contributed by atoms with van der Waals surface area (Å²) in [5, 5.41) is 5.91. The van der Waals surface area contributed by atoms with Gasteiger partial charge < -0.3 is 10.6 Å². The highest BCUT2D eigenvalue weighted by atomic mass is 16.1. The molecular weight excluding hydrogens is 288 g/mol. The molecular formula is C18H16N4O. The molecule has 0 spiro atoms. The molecule has 23 heavy (non-hydrogen) atoms. The van der Waals surface area contributed by atoms with Crippen LogP contribution in [0.2, 0.25) is 0 Å². The first kappa shape index (κ1) is 14.7. The summed E-state index contributed by atoms with van der Waals surface area (Å²) in [6.07, 6.45) is 2.99. The quantitative estimate of drug-likeness (QED) is 0.769. The van der Waals surface area contributed by atoms with E-state index < -0.39 is 0 Å². The molecule has 5 heteroatoms. The predicted octanol–water partition coefficient (Wildman–Crippen LogP) is 3.78. The van der Waals surface area contributed by atoms with Gasteiger partial charge in [-0.25, -0.2) is 9.97 Å². The van der Waals surface area contributed by atoms with Gasteiger partial charge in [0, 0.05) is 11.4 Å². The summed E-state index contributed by atoms with van der Waals surface area (Å²) in [7, 11) is 0. The fraction of sp³-hybridized carbons (Fsp3) is 0.0556. The zero-order valence-corrected chi connectivity index (χ0v) is 12.7. The van der Waals surface area contributed by atoms with Crippen molar-refractivity contribution in [1.82, 2.24) is 9.97 Å². The Morgan fingerprint density at radius 1 is 0.870 bits per heavy atom. The van der Waals surface area contributed by atoms with Gasteiger partial charge in [0.05, 0.1) is 12.4 Å². The molecule has 3 rings (SSSR count). The molecule has 5 nitrogen and oxygen atoms in total. The summed E-state index contributed by atoms with van der Waals surface area (Å²) in [5.74, 6) is 0.302. The van der Waals surface area contributed by atoms with Gasteiger partial charge in [-0.05, 0) is 31.2 Å². The van der Waals surface area contributed by atoms with Crippen LogP contribution in [0, 0.1) is 6.92 Å². The number of hydrogen-bond acceptors (Lipinski definition) is 4. The SMILES string of the molecule is Cc1ccc(Nc2cnc(C(=O)Nc3ccccc3)cn2)cc1. The Kier molecular flexibility index (Phi) is 4.29. The Hall–Kier alpha value is -3.21. The number of nitrogens with zero attached hydrogens (tertiary/aromatic N) is 2. The predicted molar refractivity (Wildman–Crippen MR) is 90.9 cm³/mol. The first-order valence-electron chi connectivity index (χ1n) is 7.23. The highest BCUT2D eigenvalue weighted by Gasteiger charge is 2.08. The van der Waals surface area contributed by atoms with E-state index in [2.05, 4.69) is 20.6 Å². The minimum Gasteiger partial charge on any atom is -0.339 e. The van der Waals surface area contributed by atoms with Crippen molar-refractivity contribution >= 4 is 23.1 Å². The van der Waals surface area contributed by atoms with E-state index in [-0.39, 0.29) is 11.6 Å². The third-order valence-electron chi connectivity index (χ3n) is 3.24. The Morgan fingerprint density at radius 3 is 2.26 bits per heavy atom. The van der Waals surface area contributed by atoms with Gasteiger partial charge in [0.2, 0.25) is 0 Å². The van der Waals surface area contributed by atoms with E-state index in [9.17, 15) is 4.79 Å². The molecule has 1 heterocycles. The van der Waals surface area contributed by atoms with Crippen LogP contribution in [0.5, 0.6) is 0 Å². The molecule has 0 unspecified atom stereocenters. The van der Waals surface area contributed by atoms with Crippen molar-refractivity contribution in [2.24, 2.45) is 0 Å². The topological polar surface area (TPSA) is 66.9 Å². The average Bonchev–Trinajstić information content (AvgIpc) is 2.58. The second-order valence-corrected chi connectivity index (χ2v) is 5.10. The molecule has 0 saturated heterocycles. The lowest BCUT2D eigenvalue weighted by Crippen LogP contribution is -2.14. The Labute approximate surface area is 134 Å². The molecule has 3 aromatic rings. The van der Waals surface area contributed by atoms with Crippen LogP contribution < -0.4 is 10.6 Å². The smallest absolute Gasteiger partial charge is 0.275 e. The van der Waals surface area contributed by atoms with Crippen LogP contribution in [0.4, 0.5) is 17.2 Å². The van der Waals surface area contributed by atoms with Gasteiger partial charge >= 0.3 is 0 Å². The molecule has 0 radical (unpaired) electrons. The van der Waals surface area contributed by atoms with E-state index in [1.54, 1.807) is 6.20 Å². The van der Waals surface area contributed by atoms with E-state index in [1.165, 1.54) is 11.8 Å². The summed E-state index contributed by atoms with van der Waals surface area (Å²) in [6, 6.07) is 17.2. The molecule has 0 aliphatic rings. The number of rotatable bonds is 4. The number of aryl methyl sites for hydroxylation is 1. The molecule has 0 atom stereocenters. The number of carbonyl (C=O) groups is 1. The van der Waals surface area contributed by atoms with Crippen molar-refractivity contribution < 1.29 is 4.79 Å². The van der Waals surface area contributed by atoms with Gasteiger partial charge in [-0.2, -0.15) is 0 Å². The van der Waals surface area contributed by atoms with Crippen molar-refractivity contribution in [2.45, 2.75) is 6.92 Å². The minimum absolute atomic E-state index is 0.267. The van der Waals surface area contributed by atoms with Crippen LogP contribution in [0.15, 0.2) is 67.0 Å². The summed E-state index contributed by atoms with van der Waals surface area (Å²) in [5.41, 5.74) is 3.10. The number of anilines is 3. The van der Waals surface area contributed by atoms with Crippen molar-refractivity contribution in [3.63, 3.8) is 0 Å². The molecule has 0 saturated carbocycles. The Balaban J connectivity index is 1.66. The van der Waals surface area contributed by atoms with Gasteiger partial charge in [0.15, 0.2) is 0 Å². The van der Waals surface area contributed by atoms with E-state index in [1.807, 2.05) is 61.5 Å². The molecule has 0 bridgehead atoms. The van der Waals surface area contributed by atoms with Crippen molar-refractivity contribution in [1.29, 1.82) is 0 Å². The third-order valence-corrected chi connectivity index (χ3v) is 3.24. The second kappa shape index (κ2) is 6.70. The first-order chi connectivity index (χ1) is 11.2. The monoisotopic (exact) mass is 304 g/mol. The zero-order valence-electron chi connectivity index (χ0n) is 12.7. The number of aromatic nitrogens is 2. The molecule has 1 aromatic heterocycles. The first-order valence-corrected chi connectivity index (χ1v) is 7.23. The van der Waals surface area contributed by atoms with Crippen LogP contribution in [0.25, 0.3) is 0 Å². The molecule has 1 amide bonds. The highest BCUT2D eigenvalue weighted by molar-refractivity contribution is 6.02. The number of hydrogen-bond donors (Lipinski definition) is 2. The van der Waals surface area contributed by atoms with Crippen LogP contribution in [-0.2, 0) is 0 Å². The molecule has 0 aliphatic heterocycles. The highest BCUT2D eigenvalue weighted by Crippen LogP contribution is 2.14. The number of para-hydroxylation sites is 1. The number of carbonyl (C=O) groups excluding carboxylic acids is 1. The van der Waals surface area contributed by atoms with E-state index >= 15 is 0 Å². The van der Waals surface area contributed by atoms with E-state index in [0.29, 0.717) is 5.82 Å². The maximum Gasteiger partial charge on any atom is 0.275 e. The fourth-order valence-electron chi connectivity index (χ4n) is 2.01. The van der Waals surface area contributed by atoms with Gasteiger partial charge in [-0.15, -0.1) is 0 Å². The number of benzene rings is 2. The number of amides is 1. The normalized spacial score (nSPS) is 10.1. The maximum atomic E-state index is 12.1. The minimum atomic E-state index is -0.286. The van der Waals surface area contributed by atoms with Gasteiger partial charge in [0.1, 0.15) is 11.5 Å².